The van der Waals surface area contributed by atoms with E-state index >= 15 is 0 Å². The zero-order valence-electron chi connectivity index (χ0n) is 9.64. The highest BCUT2D eigenvalue weighted by atomic mass is 35.5. The van der Waals surface area contributed by atoms with E-state index in [1.165, 1.54) is 19.3 Å². The predicted molar refractivity (Wildman–Crippen MR) is 65.4 cm³/mol. The minimum Gasteiger partial charge on any atom is -0.295 e. The van der Waals surface area contributed by atoms with Crippen molar-refractivity contribution in [3.63, 3.8) is 0 Å². The third-order valence-corrected chi connectivity index (χ3v) is 3.73. The molecule has 0 amide bonds. The third-order valence-electron chi connectivity index (χ3n) is 3.22. The molecule has 1 heterocycles. The number of aromatic nitrogens is 2. The summed E-state index contributed by atoms with van der Waals surface area (Å²) in [5.41, 5.74) is 0. The van der Waals surface area contributed by atoms with Gasteiger partial charge in [0.05, 0.1) is 6.54 Å². The molecule has 1 aliphatic carbocycles. The second-order valence-corrected chi connectivity index (χ2v) is 5.01. The summed E-state index contributed by atoms with van der Waals surface area (Å²) >= 11 is 6.36. The van der Waals surface area contributed by atoms with Gasteiger partial charge in [-0.25, -0.2) is 9.97 Å². The van der Waals surface area contributed by atoms with Crippen LogP contribution in [0.1, 0.15) is 31.5 Å². The summed E-state index contributed by atoms with van der Waals surface area (Å²) in [6.07, 6.45) is 8.45. The van der Waals surface area contributed by atoms with Gasteiger partial charge in [0, 0.05) is 23.8 Å². The van der Waals surface area contributed by atoms with Gasteiger partial charge in [0.25, 0.3) is 0 Å². The molecule has 0 aliphatic heterocycles. The van der Waals surface area contributed by atoms with Crippen LogP contribution in [-0.4, -0.2) is 33.3 Å². The lowest BCUT2D eigenvalue weighted by molar-refractivity contribution is 0.184. The van der Waals surface area contributed by atoms with Crippen LogP contribution in [0.2, 0.25) is 0 Å². The molecule has 0 spiro atoms. The Kier molecular flexibility index (Phi) is 4.13. The molecule has 3 nitrogen and oxygen atoms in total. The van der Waals surface area contributed by atoms with E-state index in [1.54, 1.807) is 12.4 Å². The molecule has 1 saturated carbocycles. The van der Waals surface area contributed by atoms with Crippen molar-refractivity contribution in [2.24, 2.45) is 0 Å². The molecule has 0 bridgehead atoms. The Bertz CT molecular complexity index is 317. The average molecular weight is 240 g/mol. The third kappa shape index (κ3) is 2.92. The molecule has 88 valence electrons. The summed E-state index contributed by atoms with van der Waals surface area (Å²) in [5, 5.41) is 0.280. The summed E-state index contributed by atoms with van der Waals surface area (Å²) in [4.78, 5) is 10.8. The molecule has 4 heteroatoms. The Morgan fingerprint density at radius 1 is 1.31 bits per heavy atom. The van der Waals surface area contributed by atoms with Crippen molar-refractivity contribution < 1.29 is 0 Å². The quantitative estimate of drug-likeness (QED) is 0.759. The molecule has 0 radical (unpaired) electrons. The van der Waals surface area contributed by atoms with Gasteiger partial charge in [-0.2, -0.15) is 0 Å². The Morgan fingerprint density at radius 2 is 2.00 bits per heavy atom. The minimum atomic E-state index is 0.280. The monoisotopic (exact) mass is 239 g/mol. The van der Waals surface area contributed by atoms with Gasteiger partial charge < -0.3 is 0 Å². The minimum absolute atomic E-state index is 0.280. The molecule has 1 aliphatic rings. The van der Waals surface area contributed by atoms with Gasteiger partial charge in [0.1, 0.15) is 5.82 Å². The van der Waals surface area contributed by atoms with E-state index in [-0.39, 0.29) is 5.38 Å². The number of halogens is 1. The zero-order chi connectivity index (χ0) is 11.4. The highest BCUT2D eigenvalue weighted by Crippen LogP contribution is 2.26. The van der Waals surface area contributed by atoms with Crippen molar-refractivity contribution in [2.45, 2.75) is 43.6 Å². The maximum atomic E-state index is 6.36. The Morgan fingerprint density at radius 3 is 2.69 bits per heavy atom. The van der Waals surface area contributed by atoms with Gasteiger partial charge in [-0.05, 0) is 26.0 Å². The molecule has 1 aromatic heterocycles. The van der Waals surface area contributed by atoms with Crippen LogP contribution in [0.3, 0.4) is 0 Å². The summed E-state index contributed by atoms with van der Waals surface area (Å²) in [6.45, 7) is 0.786. The first-order chi connectivity index (χ1) is 7.77. The van der Waals surface area contributed by atoms with Gasteiger partial charge in [-0.3, -0.25) is 4.90 Å². The highest BCUT2D eigenvalue weighted by molar-refractivity contribution is 6.21. The fraction of sp³-hybridized carbons (Fsp3) is 0.667. The molecule has 2 unspecified atom stereocenters. The van der Waals surface area contributed by atoms with E-state index in [4.69, 9.17) is 11.6 Å². The Balaban J connectivity index is 1.94. The van der Waals surface area contributed by atoms with Gasteiger partial charge in [-0.1, -0.05) is 12.8 Å². The van der Waals surface area contributed by atoms with Gasteiger partial charge in [0.2, 0.25) is 0 Å². The maximum absolute atomic E-state index is 6.36. The highest BCUT2D eigenvalue weighted by Gasteiger charge is 2.26. The zero-order valence-corrected chi connectivity index (χ0v) is 10.4. The fourth-order valence-electron chi connectivity index (χ4n) is 2.31. The Hall–Kier alpha value is -0.670. The van der Waals surface area contributed by atoms with E-state index in [9.17, 15) is 0 Å². The number of rotatable bonds is 3. The van der Waals surface area contributed by atoms with Crippen LogP contribution in [0.5, 0.6) is 0 Å². The van der Waals surface area contributed by atoms with E-state index in [1.807, 2.05) is 6.07 Å². The molecule has 2 rings (SSSR count). The summed E-state index contributed by atoms with van der Waals surface area (Å²) < 4.78 is 0. The molecular weight excluding hydrogens is 222 g/mol. The SMILES string of the molecule is CN(Cc1ncccn1)C1CCCCC1Cl. The summed E-state index contributed by atoms with van der Waals surface area (Å²) in [7, 11) is 2.11. The summed E-state index contributed by atoms with van der Waals surface area (Å²) in [6, 6.07) is 2.31. The smallest absolute Gasteiger partial charge is 0.142 e. The molecule has 16 heavy (non-hydrogen) atoms. The molecule has 2 atom stereocenters. The van der Waals surface area contributed by atoms with Crippen molar-refractivity contribution >= 4 is 11.6 Å². The first-order valence-electron chi connectivity index (χ1n) is 5.87. The molecule has 0 saturated heterocycles. The van der Waals surface area contributed by atoms with Crippen LogP contribution < -0.4 is 0 Å². The van der Waals surface area contributed by atoms with Gasteiger partial charge in [-0.15, -0.1) is 11.6 Å². The maximum Gasteiger partial charge on any atom is 0.142 e. The van der Waals surface area contributed by atoms with Crippen LogP contribution >= 0.6 is 11.6 Å². The first-order valence-corrected chi connectivity index (χ1v) is 6.31. The first kappa shape index (κ1) is 11.8. The van der Waals surface area contributed by atoms with E-state index < -0.39 is 0 Å². The van der Waals surface area contributed by atoms with Gasteiger partial charge in [0.15, 0.2) is 0 Å². The van der Waals surface area contributed by atoms with Crippen LogP contribution in [0, 0.1) is 0 Å². The molecule has 1 fully saturated rings. The van der Waals surface area contributed by atoms with Crippen molar-refractivity contribution in [2.75, 3.05) is 7.05 Å². The van der Waals surface area contributed by atoms with Crippen molar-refractivity contribution in [1.29, 1.82) is 0 Å². The van der Waals surface area contributed by atoms with Crippen LogP contribution in [0.15, 0.2) is 18.5 Å². The average Bonchev–Trinajstić information content (AvgIpc) is 2.31. The number of hydrogen-bond acceptors (Lipinski definition) is 3. The number of hydrogen-bond donors (Lipinski definition) is 0. The van der Waals surface area contributed by atoms with Crippen molar-refractivity contribution in [3.8, 4) is 0 Å². The van der Waals surface area contributed by atoms with E-state index in [2.05, 4.69) is 21.9 Å². The lowest BCUT2D eigenvalue weighted by Gasteiger charge is -2.34. The second-order valence-electron chi connectivity index (χ2n) is 4.45. The standard InChI is InChI=1S/C12H18ClN3/c1-16(9-12-14-7-4-8-15-12)11-6-3-2-5-10(11)13/h4,7-8,10-11H,2-3,5-6,9H2,1H3. The van der Waals surface area contributed by atoms with Gasteiger partial charge >= 0.3 is 0 Å². The Labute approximate surface area is 102 Å². The predicted octanol–water partition coefficient (Wildman–Crippen LogP) is 2.46. The number of alkyl halides is 1. The van der Waals surface area contributed by atoms with Crippen LogP contribution in [0.25, 0.3) is 0 Å². The van der Waals surface area contributed by atoms with Crippen LogP contribution in [0.4, 0.5) is 0 Å². The van der Waals surface area contributed by atoms with E-state index in [0.29, 0.717) is 6.04 Å². The largest absolute Gasteiger partial charge is 0.295 e. The summed E-state index contributed by atoms with van der Waals surface area (Å²) in [5.74, 6) is 0.874. The molecule has 0 N–H and O–H groups in total. The molecule has 0 aromatic carbocycles. The normalized spacial score (nSPS) is 25.9. The molecule has 1 aromatic rings. The number of nitrogens with zero attached hydrogens (tertiary/aromatic N) is 3. The van der Waals surface area contributed by atoms with Crippen molar-refractivity contribution in [3.05, 3.63) is 24.3 Å². The topological polar surface area (TPSA) is 29.0 Å². The van der Waals surface area contributed by atoms with Crippen molar-refractivity contribution in [1.82, 2.24) is 14.9 Å². The lowest BCUT2D eigenvalue weighted by atomic mass is 9.94. The van der Waals surface area contributed by atoms with Crippen LogP contribution in [-0.2, 0) is 6.54 Å². The lowest BCUT2D eigenvalue weighted by Crippen LogP contribution is -2.40. The van der Waals surface area contributed by atoms with E-state index in [0.717, 1.165) is 18.8 Å². The fourth-order valence-corrected chi connectivity index (χ4v) is 2.79. The second kappa shape index (κ2) is 5.60. The molecular formula is C12H18ClN3.